The number of allylic oxidation sites excluding steroid dienone is 2. The topological polar surface area (TPSA) is 63.6 Å². The van der Waals surface area contributed by atoms with Crippen molar-refractivity contribution in [3.8, 4) is 0 Å². The van der Waals surface area contributed by atoms with E-state index < -0.39 is 11.8 Å². The minimum Gasteiger partial charge on any atom is -0.508 e. The molecule has 0 unspecified atom stereocenters. The molecule has 0 aliphatic carbocycles. The molecular formula is C12H18O4. The second-order valence-electron chi connectivity index (χ2n) is 3.35. The summed E-state index contributed by atoms with van der Waals surface area (Å²) in [6.45, 7) is 5.56. The standard InChI is InChI=1S/C12H18O4/c1-4-6-7-16-12(15)11(14)8-10(13)9(3)5-2/h5,8,13H,4,6-7H2,1-3H3/b9-5+,10-8+. The van der Waals surface area contributed by atoms with Gasteiger partial charge < -0.3 is 9.84 Å². The summed E-state index contributed by atoms with van der Waals surface area (Å²) < 4.78 is 4.69. The molecule has 0 aromatic rings. The van der Waals surface area contributed by atoms with Gasteiger partial charge in [0.05, 0.1) is 6.61 Å². The van der Waals surface area contributed by atoms with Gasteiger partial charge in [-0.15, -0.1) is 0 Å². The van der Waals surface area contributed by atoms with Crippen molar-refractivity contribution in [3.05, 3.63) is 23.5 Å². The van der Waals surface area contributed by atoms with E-state index in [1.54, 1.807) is 19.9 Å². The molecule has 0 heterocycles. The maximum atomic E-state index is 11.2. The number of hydrogen-bond donors (Lipinski definition) is 1. The number of aliphatic hydroxyl groups excluding tert-OH is 1. The van der Waals surface area contributed by atoms with E-state index >= 15 is 0 Å². The zero-order chi connectivity index (χ0) is 12.6. The first kappa shape index (κ1) is 14.4. The van der Waals surface area contributed by atoms with Crippen LogP contribution in [0.4, 0.5) is 0 Å². The number of unbranched alkanes of at least 4 members (excludes halogenated alkanes) is 1. The maximum absolute atomic E-state index is 11.2. The summed E-state index contributed by atoms with van der Waals surface area (Å²) in [6.07, 6.45) is 4.13. The SMILES string of the molecule is C/C=C(C)/C(O)=C\C(=O)C(=O)OCCCC. The van der Waals surface area contributed by atoms with Crippen LogP contribution in [0.2, 0.25) is 0 Å². The highest BCUT2D eigenvalue weighted by Crippen LogP contribution is 2.04. The molecule has 0 radical (unpaired) electrons. The third-order valence-corrected chi connectivity index (χ3v) is 2.04. The Balaban J connectivity index is 4.30. The fraction of sp³-hybridized carbons (Fsp3) is 0.500. The van der Waals surface area contributed by atoms with Crippen molar-refractivity contribution < 1.29 is 19.4 Å². The van der Waals surface area contributed by atoms with Crippen molar-refractivity contribution >= 4 is 11.8 Å². The monoisotopic (exact) mass is 226 g/mol. The molecule has 90 valence electrons. The van der Waals surface area contributed by atoms with Crippen LogP contribution in [-0.4, -0.2) is 23.5 Å². The Hall–Kier alpha value is -1.58. The normalized spacial score (nSPS) is 12.4. The lowest BCUT2D eigenvalue weighted by molar-refractivity contribution is -0.151. The van der Waals surface area contributed by atoms with Gasteiger partial charge in [-0.3, -0.25) is 4.79 Å². The van der Waals surface area contributed by atoms with Crippen LogP contribution in [0, 0.1) is 0 Å². The highest BCUT2D eigenvalue weighted by atomic mass is 16.5. The van der Waals surface area contributed by atoms with E-state index in [4.69, 9.17) is 4.74 Å². The smallest absolute Gasteiger partial charge is 0.379 e. The second-order valence-corrected chi connectivity index (χ2v) is 3.35. The Kier molecular flexibility index (Phi) is 6.92. The molecule has 0 saturated carbocycles. The van der Waals surface area contributed by atoms with E-state index in [-0.39, 0.29) is 12.4 Å². The molecule has 4 nitrogen and oxygen atoms in total. The van der Waals surface area contributed by atoms with Gasteiger partial charge in [0.25, 0.3) is 5.78 Å². The first-order valence-corrected chi connectivity index (χ1v) is 5.28. The van der Waals surface area contributed by atoms with Crippen molar-refractivity contribution in [3.63, 3.8) is 0 Å². The summed E-state index contributed by atoms with van der Waals surface area (Å²) in [5, 5.41) is 9.37. The minimum absolute atomic E-state index is 0.208. The minimum atomic E-state index is -0.927. The lowest BCUT2D eigenvalue weighted by Gasteiger charge is -2.01. The Morgan fingerprint density at radius 1 is 1.38 bits per heavy atom. The van der Waals surface area contributed by atoms with E-state index in [9.17, 15) is 14.7 Å². The molecule has 0 aliphatic rings. The van der Waals surface area contributed by atoms with Crippen LogP contribution in [-0.2, 0) is 14.3 Å². The van der Waals surface area contributed by atoms with Crippen LogP contribution in [0.3, 0.4) is 0 Å². The Morgan fingerprint density at radius 2 is 2.00 bits per heavy atom. The van der Waals surface area contributed by atoms with Crippen molar-refractivity contribution in [1.29, 1.82) is 0 Å². The molecule has 0 aromatic carbocycles. The third-order valence-electron chi connectivity index (χ3n) is 2.04. The average Bonchev–Trinajstić information content (AvgIpc) is 2.27. The van der Waals surface area contributed by atoms with Crippen LogP contribution in [0.15, 0.2) is 23.5 Å². The first-order chi connectivity index (χ1) is 7.52. The quantitative estimate of drug-likeness (QED) is 0.188. The number of esters is 1. The Bertz CT molecular complexity index is 313. The predicted octanol–water partition coefficient (Wildman–Crippen LogP) is 2.31. The van der Waals surface area contributed by atoms with Gasteiger partial charge in [0, 0.05) is 6.08 Å². The van der Waals surface area contributed by atoms with E-state index in [1.807, 2.05) is 6.92 Å². The lowest BCUT2D eigenvalue weighted by atomic mass is 10.2. The highest BCUT2D eigenvalue weighted by Gasteiger charge is 2.13. The molecule has 4 heteroatoms. The molecule has 0 fully saturated rings. The first-order valence-electron chi connectivity index (χ1n) is 5.28. The van der Waals surface area contributed by atoms with E-state index in [1.165, 1.54) is 0 Å². The van der Waals surface area contributed by atoms with E-state index in [2.05, 4.69) is 0 Å². The van der Waals surface area contributed by atoms with Crippen LogP contribution in [0.25, 0.3) is 0 Å². The maximum Gasteiger partial charge on any atom is 0.379 e. The van der Waals surface area contributed by atoms with Gasteiger partial charge in [-0.2, -0.15) is 0 Å². The molecule has 0 amide bonds. The van der Waals surface area contributed by atoms with Gasteiger partial charge in [-0.25, -0.2) is 4.79 Å². The van der Waals surface area contributed by atoms with Crippen LogP contribution < -0.4 is 0 Å². The summed E-state index contributed by atoms with van der Waals surface area (Å²) in [7, 11) is 0. The average molecular weight is 226 g/mol. The van der Waals surface area contributed by atoms with Gasteiger partial charge in [0.1, 0.15) is 5.76 Å². The second kappa shape index (κ2) is 7.68. The molecular weight excluding hydrogens is 208 g/mol. The Morgan fingerprint density at radius 3 is 2.50 bits per heavy atom. The summed E-state index contributed by atoms with van der Waals surface area (Å²) in [5.41, 5.74) is 0.537. The van der Waals surface area contributed by atoms with Crippen molar-refractivity contribution in [2.75, 3.05) is 6.61 Å². The van der Waals surface area contributed by atoms with Crippen LogP contribution >= 0.6 is 0 Å². The summed E-state index contributed by atoms with van der Waals surface area (Å²) in [4.78, 5) is 22.3. The Labute approximate surface area is 95.6 Å². The number of hydrogen-bond acceptors (Lipinski definition) is 4. The van der Waals surface area contributed by atoms with Gasteiger partial charge >= 0.3 is 5.97 Å². The summed E-state index contributed by atoms with van der Waals surface area (Å²) >= 11 is 0. The number of aliphatic hydroxyl groups is 1. The molecule has 0 spiro atoms. The fourth-order valence-electron chi connectivity index (χ4n) is 0.825. The molecule has 0 rings (SSSR count). The lowest BCUT2D eigenvalue weighted by Crippen LogP contribution is -2.16. The number of carbonyl (C=O) groups is 2. The van der Waals surface area contributed by atoms with E-state index in [0.29, 0.717) is 5.57 Å². The molecule has 0 saturated heterocycles. The predicted molar refractivity (Wildman–Crippen MR) is 61.0 cm³/mol. The summed E-state index contributed by atoms with van der Waals surface area (Å²) in [5.74, 6) is -1.97. The van der Waals surface area contributed by atoms with E-state index in [0.717, 1.165) is 18.9 Å². The molecule has 16 heavy (non-hydrogen) atoms. The number of ether oxygens (including phenoxy) is 1. The zero-order valence-corrected chi connectivity index (χ0v) is 9.95. The van der Waals surface area contributed by atoms with Crippen LogP contribution in [0.5, 0.6) is 0 Å². The molecule has 1 N–H and O–H groups in total. The number of ketones is 1. The van der Waals surface area contributed by atoms with Gasteiger partial charge in [0.2, 0.25) is 0 Å². The number of carbonyl (C=O) groups excluding carboxylic acids is 2. The summed E-state index contributed by atoms with van der Waals surface area (Å²) in [6, 6.07) is 0. The fourth-order valence-corrected chi connectivity index (χ4v) is 0.825. The number of rotatable bonds is 6. The van der Waals surface area contributed by atoms with Gasteiger partial charge in [0.15, 0.2) is 0 Å². The van der Waals surface area contributed by atoms with Gasteiger partial charge in [-0.1, -0.05) is 19.4 Å². The zero-order valence-electron chi connectivity index (χ0n) is 9.95. The molecule has 0 bridgehead atoms. The van der Waals surface area contributed by atoms with Crippen molar-refractivity contribution in [1.82, 2.24) is 0 Å². The largest absolute Gasteiger partial charge is 0.508 e. The molecule has 0 aromatic heterocycles. The highest BCUT2D eigenvalue weighted by molar-refractivity contribution is 6.38. The van der Waals surface area contributed by atoms with Crippen molar-refractivity contribution in [2.45, 2.75) is 33.6 Å². The molecule has 0 atom stereocenters. The van der Waals surface area contributed by atoms with Crippen LogP contribution in [0.1, 0.15) is 33.6 Å². The third kappa shape index (κ3) is 5.34. The van der Waals surface area contributed by atoms with Crippen molar-refractivity contribution in [2.24, 2.45) is 0 Å². The van der Waals surface area contributed by atoms with Gasteiger partial charge in [-0.05, 0) is 25.8 Å². The molecule has 0 aliphatic heterocycles.